The van der Waals surface area contributed by atoms with Gasteiger partial charge in [-0.05, 0) is 36.4 Å². The Morgan fingerprint density at radius 1 is 1.16 bits per heavy atom. The van der Waals surface area contributed by atoms with Gasteiger partial charge in [-0.25, -0.2) is 4.39 Å². The smallest absolute Gasteiger partial charge is 0.255 e. The summed E-state index contributed by atoms with van der Waals surface area (Å²) in [5.41, 5.74) is 0.692. The lowest BCUT2D eigenvalue weighted by atomic mass is 10.2. The minimum atomic E-state index is -0.591. The third-order valence-electron chi connectivity index (χ3n) is 2.30. The van der Waals surface area contributed by atoms with E-state index >= 15 is 0 Å². The second-order valence-electron chi connectivity index (χ2n) is 3.74. The van der Waals surface area contributed by atoms with E-state index < -0.39 is 5.82 Å². The van der Waals surface area contributed by atoms with Crippen molar-refractivity contribution in [3.63, 3.8) is 0 Å². The maximum Gasteiger partial charge on any atom is 0.255 e. The Bertz CT molecular complexity index is 628. The third-order valence-corrected chi connectivity index (χ3v) is 3.28. The molecule has 2 aromatic carbocycles. The number of benzene rings is 2. The van der Waals surface area contributed by atoms with Crippen LogP contribution in [-0.2, 0) is 0 Å². The fourth-order valence-corrected chi connectivity index (χ4v) is 2.44. The molecule has 0 spiro atoms. The first-order valence-electron chi connectivity index (χ1n) is 5.18. The molecule has 0 heterocycles. The van der Waals surface area contributed by atoms with Gasteiger partial charge in [0, 0.05) is 20.7 Å². The summed E-state index contributed by atoms with van der Waals surface area (Å²) in [4.78, 5) is 12.0. The molecule has 0 bridgehead atoms. The number of carbonyl (C=O) groups is 1. The van der Waals surface area contributed by atoms with Gasteiger partial charge in [0.05, 0.1) is 5.02 Å². The highest BCUT2D eigenvalue weighted by molar-refractivity contribution is 9.10. The Hall–Kier alpha value is -1.10. The van der Waals surface area contributed by atoms with Crippen LogP contribution in [0.4, 0.5) is 10.1 Å². The van der Waals surface area contributed by atoms with Gasteiger partial charge in [-0.1, -0.05) is 39.1 Å². The number of amides is 1. The molecule has 2 aromatic rings. The molecule has 98 valence electrons. The molecule has 1 amide bonds. The lowest BCUT2D eigenvalue weighted by Gasteiger charge is -2.07. The number of rotatable bonds is 2. The Morgan fingerprint density at radius 3 is 2.53 bits per heavy atom. The Labute approximate surface area is 127 Å². The van der Waals surface area contributed by atoms with Crippen molar-refractivity contribution in [3.05, 3.63) is 62.3 Å². The van der Waals surface area contributed by atoms with E-state index in [0.29, 0.717) is 20.7 Å². The number of anilines is 1. The molecule has 0 radical (unpaired) electrons. The highest BCUT2D eigenvalue weighted by Crippen LogP contribution is 2.22. The summed E-state index contributed by atoms with van der Waals surface area (Å²) in [6.07, 6.45) is 0. The predicted molar refractivity (Wildman–Crippen MR) is 78.5 cm³/mol. The molecule has 1 N–H and O–H groups in total. The molecule has 0 unspecified atom stereocenters. The quantitative estimate of drug-likeness (QED) is 0.786. The third kappa shape index (κ3) is 3.69. The Balaban J connectivity index is 2.22. The van der Waals surface area contributed by atoms with Crippen LogP contribution in [0.25, 0.3) is 0 Å². The largest absolute Gasteiger partial charge is 0.322 e. The molecule has 2 nitrogen and oxygen atoms in total. The van der Waals surface area contributed by atoms with Crippen LogP contribution in [0, 0.1) is 5.82 Å². The second-order valence-corrected chi connectivity index (χ2v) is 5.50. The number of carbonyl (C=O) groups excluding carboxylic acids is 1. The summed E-state index contributed by atoms with van der Waals surface area (Å²) >= 11 is 14.7. The highest BCUT2D eigenvalue weighted by Gasteiger charge is 2.09. The monoisotopic (exact) mass is 361 g/mol. The van der Waals surface area contributed by atoms with Crippen molar-refractivity contribution in [1.29, 1.82) is 0 Å². The van der Waals surface area contributed by atoms with Gasteiger partial charge in [-0.3, -0.25) is 4.79 Å². The molecule has 0 aliphatic heterocycles. The molecule has 0 aliphatic carbocycles. The van der Waals surface area contributed by atoms with Gasteiger partial charge in [0.15, 0.2) is 0 Å². The van der Waals surface area contributed by atoms with Crippen molar-refractivity contribution in [3.8, 4) is 0 Å². The van der Waals surface area contributed by atoms with Crippen LogP contribution >= 0.6 is 39.1 Å². The number of halogens is 4. The van der Waals surface area contributed by atoms with Crippen molar-refractivity contribution >= 4 is 50.7 Å². The van der Waals surface area contributed by atoms with E-state index in [1.165, 1.54) is 18.2 Å². The van der Waals surface area contributed by atoms with Crippen LogP contribution in [-0.4, -0.2) is 5.91 Å². The minimum absolute atomic E-state index is 0.00324. The lowest BCUT2D eigenvalue weighted by molar-refractivity contribution is 0.102. The summed E-state index contributed by atoms with van der Waals surface area (Å²) in [6.45, 7) is 0. The molecule has 2 rings (SSSR count). The summed E-state index contributed by atoms with van der Waals surface area (Å²) in [5, 5.41) is 3.00. The van der Waals surface area contributed by atoms with Gasteiger partial charge in [0.1, 0.15) is 5.82 Å². The fourth-order valence-electron chi connectivity index (χ4n) is 1.46. The number of hydrogen-bond acceptors (Lipinski definition) is 1. The van der Waals surface area contributed by atoms with Crippen LogP contribution in [0.3, 0.4) is 0 Å². The average molecular weight is 363 g/mol. The van der Waals surface area contributed by atoms with Gasteiger partial charge >= 0.3 is 0 Å². The van der Waals surface area contributed by atoms with Crippen LogP contribution in [0.2, 0.25) is 10.0 Å². The van der Waals surface area contributed by atoms with Crippen molar-refractivity contribution in [2.45, 2.75) is 0 Å². The van der Waals surface area contributed by atoms with Crippen LogP contribution in [0.5, 0.6) is 0 Å². The van der Waals surface area contributed by atoms with Gasteiger partial charge in [-0.15, -0.1) is 0 Å². The maximum absolute atomic E-state index is 13.2. The number of nitrogens with one attached hydrogen (secondary N) is 1. The molecule has 0 aromatic heterocycles. The summed E-state index contributed by atoms with van der Waals surface area (Å²) < 4.78 is 13.9. The average Bonchev–Trinajstić information content (AvgIpc) is 2.32. The van der Waals surface area contributed by atoms with Crippen molar-refractivity contribution in [2.24, 2.45) is 0 Å². The predicted octanol–water partition coefficient (Wildman–Crippen LogP) is 5.15. The molecular formula is C13H7BrCl2FNO. The fraction of sp³-hybridized carbons (Fsp3) is 0. The first-order valence-corrected chi connectivity index (χ1v) is 6.73. The molecule has 6 heteroatoms. The van der Waals surface area contributed by atoms with E-state index in [1.807, 2.05) is 0 Å². The Kier molecular flexibility index (Phi) is 4.45. The van der Waals surface area contributed by atoms with Crippen LogP contribution < -0.4 is 5.32 Å². The molecular weight excluding hydrogens is 356 g/mol. The molecule has 19 heavy (non-hydrogen) atoms. The highest BCUT2D eigenvalue weighted by atomic mass is 79.9. The Morgan fingerprint density at radius 2 is 1.89 bits per heavy atom. The van der Waals surface area contributed by atoms with E-state index in [4.69, 9.17) is 23.2 Å². The zero-order valence-electron chi connectivity index (χ0n) is 9.38. The van der Waals surface area contributed by atoms with E-state index in [2.05, 4.69) is 21.2 Å². The normalized spacial score (nSPS) is 10.3. The molecule has 0 atom stereocenters. The van der Waals surface area contributed by atoms with Crippen LogP contribution in [0.1, 0.15) is 10.4 Å². The van der Waals surface area contributed by atoms with E-state index in [0.717, 1.165) is 6.07 Å². The minimum Gasteiger partial charge on any atom is -0.322 e. The van der Waals surface area contributed by atoms with Crippen molar-refractivity contribution < 1.29 is 9.18 Å². The summed E-state index contributed by atoms with van der Waals surface area (Å²) in [7, 11) is 0. The van der Waals surface area contributed by atoms with Gasteiger partial charge < -0.3 is 5.32 Å². The zero-order chi connectivity index (χ0) is 14.0. The van der Waals surface area contributed by atoms with Gasteiger partial charge in [0.2, 0.25) is 0 Å². The van der Waals surface area contributed by atoms with E-state index in [-0.39, 0.29) is 10.9 Å². The van der Waals surface area contributed by atoms with Gasteiger partial charge in [-0.2, -0.15) is 0 Å². The van der Waals surface area contributed by atoms with E-state index in [9.17, 15) is 9.18 Å². The van der Waals surface area contributed by atoms with Gasteiger partial charge in [0.25, 0.3) is 5.91 Å². The summed E-state index contributed by atoms with van der Waals surface area (Å²) in [5.74, 6) is -0.975. The van der Waals surface area contributed by atoms with Crippen LogP contribution in [0.15, 0.2) is 40.9 Å². The molecule has 0 fully saturated rings. The first-order chi connectivity index (χ1) is 8.95. The standard InChI is InChI=1S/C13H7BrCl2FNO/c14-8-3-7(4-9(15)5-8)13(19)18-10-1-2-11(16)12(17)6-10/h1-6H,(H,18,19). The van der Waals surface area contributed by atoms with E-state index in [1.54, 1.807) is 12.1 Å². The second kappa shape index (κ2) is 5.90. The van der Waals surface area contributed by atoms with Crippen molar-refractivity contribution in [2.75, 3.05) is 5.32 Å². The number of hydrogen-bond donors (Lipinski definition) is 1. The molecule has 0 aliphatic rings. The molecule has 0 saturated heterocycles. The maximum atomic E-state index is 13.2. The summed E-state index contributed by atoms with van der Waals surface area (Å²) in [6, 6.07) is 8.85. The lowest BCUT2D eigenvalue weighted by Crippen LogP contribution is -2.12. The molecule has 0 saturated carbocycles. The SMILES string of the molecule is O=C(Nc1ccc(Cl)c(F)c1)c1cc(Cl)cc(Br)c1. The topological polar surface area (TPSA) is 29.1 Å². The van der Waals surface area contributed by atoms with Crippen molar-refractivity contribution in [1.82, 2.24) is 0 Å². The first kappa shape index (κ1) is 14.3. The zero-order valence-corrected chi connectivity index (χ0v) is 12.5.